The fraction of sp³-hybridized carbons (Fsp3) is 0.455. The Morgan fingerprint density at radius 1 is 1.26 bits per heavy atom. The molecule has 1 aromatic carbocycles. The van der Waals surface area contributed by atoms with Gasteiger partial charge in [-0.05, 0) is 38.6 Å². The lowest BCUT2D eigenvalue weighted by Crippen LogP contribution is -2.43. The monoisotopic (exact) mass is 454 g/mol. The maximum absolute atomic E-state index is 12.8. The average Bonchev–Trinajstić information content (AvgIpc) is 2.74. The number of carbonyl (C=O) groups excluding carboxylic acids is 1. The zero-order valence-electron chi connectivity index (χ0n) is 17.5. The van der Waals surface area contributed by atoms with E-state index in [0.29, 0.717) is 38.3 Å². The first-order chi connectivity index (χ1) is 14.7. The maximum atomic E-state index is 12.8. The number of anilines is 1. The molecule has 1 fully saturated rings. The highest BCUT2D eigenvalue weighted by Gasteiger charge is 2.33. The molecule has 1 atom stereocenters. The number of halogens is 4. The standard InChI is InChI=1S/C22H26ClF3N4O/c1-29(2)19(15-6-4-3-5-7-15)14-28-21(31)16-8-10-30(11-9-16)20-18(23)12-17(13-27-20)22(24,25)26/h3-7,12-13,16,19H,8-11,14H2,1-2H3,(H,28,31). The van der Waals surface area contributed by atoms with E-state index < -0.39 is 11.7 Å². The second-order valence-corrected chi connectivity index (χ2v) is 8.33. The summed E-state index contributed by atoms with van der Waals surface area (Å²) in [4.78, 5) is 20.5. The van der Waals surface area contributed by atoms with Crippen LogP contribution in [-0.4, -0.2) is 49.5 Å². The number of hydrogen-bond acceptors (Lipinski definition) is 4. The van der Waals surface area contributed by atoms with Crippen LogP contribution in [-0.2, 0) is 11.0 Å². The Hall–Kier alpha value is -2.32. The molecule has 2 heterocycles. The molecule has 0 bridgehead atoms. The Labute approximate surface area is 185 Å². The topological polar surface area (TPSA) is 48.5 Å². The van der Waals surface area contributed by atoms with Crippen LogP contribution in [0.25, 0.3) is 0 Å². The minimum Gasteiger partial charge on any atom is -0.355 e. The number of nitrogens with one attached hydrogen (secondary N) is 1. The van der Waals surface area contributed by atoms with E-state index in [-0.39, 0.29) is 22.9 Å². The highest BCUT2D eigenvalue weighted by atomic mass is 35.5. The molecule has 5 nitrogen and oxygen atoms in total. The number of carbonyl (C=O) groups is 1. The van der Waals surface area contributed by atoms with Gasteiger partial charge >= 0.3 is 6.18 Å². The fourth-order valence-corrected chi connectivity index (χ4v) is 4.07. The van der Waals surface area contributed by atoms with E-state index in [1.165, 1.54) is 0 Å². The zero-order valence-corrected chi connectivity index (χ0v) is 18.2. The van der Waals surface area contributed by atoms with Gasteiger partial charge < -0.3 is 15.1 Å². The van der Waals surface area contributed by atoms with Crippen molar-refractivity contribution in [1.82, 2.24) is 15.2 Å². The molecule has 31 heavy (non-hydrogen) atoms. The summed E-state index contributed by atoms with van der Waals surface area (Å²) < 4.78 is 38.4. The number of rotatable bonds is 6. The van der Waals surface area contributed by atoms with Crippen LogP contribution in [0.3, 0.4) is 0 Å². The molecular formula is C22H26ClF3N4O. The molecule has 1 amide bonds. The van der Waals surface area contributed by atoms with Gasteiger partial charge in [0.1, 0.15) is 5.82 Å². The molecule has 0 saturated carbocycles. The minimum absolute atomic E-state index is 0.00564. The fourth-order valence-electron chi connectivity index (χ4n) is 3.79. The second kappa shape index (κ2) is 9.87. The number of pyridine rings is 1. The Bertz CT molecular complexity index is 884. The van der Waals surface area contributed by atoms with Gasteiger partial charge in [-0.25, -0.2) is 4.98 Å². The lowest BCUT2D eigenvalue weighted by atomic mass is 9.95. The molecule has 168 valence electrons. The first kappa shape index (κ1) is 23.3. The van der Waals surface area contributed by atoms with Crippen molar-refractivity contribution in [3.8, 4) is 0 Å². The molecule has 1 aliphatic heterocycles. The molecule has 1 unspecified atom stereocenters. The predicted octanol–water partition coefficient (Wildman–Crippen LogP) is 4.39. The summed E-state index contributed by atoms with van der Waals surface area (Å²) in [5.74, 6) is 0.169. The third-order valence-electron chi connectivity index (χ3n) is 5.59. The highest BCUT2D eigenvalue weighted by molar-refractivity contribution is 6.33. The summed E-state index contributed by atoms with van der Waals surface area (Å²) in [7, 11) is 3.95. The SMILES string of the molecule is CN(C)C(CNC(=O)C1CCN(c2ncc(C(F)(F)F)cc2Cl)CC1)c1ccccc1. The number of hydrogen-bond donors (Lipinski definition) is 1. The lowest BCUT2D eigenvalue weighted by molar-refractivity contribution is -0.137. The second-order valence-electron chi connectivity index (χ2n) is 7.92. The molecule has 1 N–H and O–H groups in total. The van der Waals surface area contributed by atoms with Crippen molar-refractivity contribution in [2.75, 3.05) is 38.6 Å². The third kappa shape index (κ3) is 5.89. The number of piperidine rings is 1. The van der Waals surface area contributed by atoms with Gasteiger partial charge in [0.2, 0.25) is 5.91 Å². The molecule has 0 radical (unpaired) electrons. The summed E-state index contributed by atoms with van der Waals surface area (Å²) in [5.41, 5.74) is 0.259. The first-order valence-electron chi connectivity index (χ1n) is 10.1. The van der Waals surface area contributed by atoms with Gasteiger partial charge in [-0.1, -0.05) is 41.9 Å². The number of amides is 1. The molecule has 1 aliphatic rings. The molecule has 3 rings (SSSR count). The van der Waals surface area contributed by atoms with Crippen LogP contribution in [0, 0.1) is 5.92 Å². The predicted molar refractivity (Wildman–Crippen MR) is 115 cm³/mol. The Morgan fingerprint density at radius 2 is 1.90 bits per heavy atom. The number of alkyl halides is 3. The Morgan fingerprint density at radius 3 is 2.45 bits per heavy atom. The van der Waals surface area contributed by atoms with Crippen molar-refractivity contribution < 1.29 is 18.0 Å². The van der Waals surface area contributed by atoms with E-state index in [1.54, 1.807) is 0 Å². The molecule has 0 aliphatic carbocycles. The average molecular weight is 455 g/mol. The zero-order chi connectivity index (χ0) is 22.6. The van der Waals surface area contributed by atoms with Crippen molar-refractivity contribution in [2.45, 2.75) is 25.1 Å². The summed E-state index contributed by atoms with van der Waals surface area (Å²) in [6.07, 6.45) is -2.51. The van der Waals surface area contributed by atoms with E-state index >= 15 is 0 Å². The summed E-state index contributed by atoms with van der Waals surface area (Å²) >= 11 is 6.05. The number of benzene rings is 1. The van der Waals surface area contributed by atoms with Crippen molar-refractivity contribution in [2.24, 2.45) is 5.92 Å². The van der Waals surface area contributed by atoms with Crippen LogP contribution < -0.4 is 10.2 Å². The Kier molecular flexibility index (Phi) is 7.43. The molecule has 9 heteroatoms. The number of nitrogens with zero attached hydrogens (tertiary/aromatic N) is 3. The van der Waals surface area contributed by atoms with Gasteiger partial charge in [-0.15, -0.1) is 0 Å². The van der Waals surface area contributed by atoms with E-state index in [1.807, 2.05) is 49.3 Å². The van der Waals surface area contributed by atoms with E-state index in [9.17, 15) is 18.0 Å². The number of aromatic nitrogens is 1. The van der Waals surface area contributed by atoms with E-state index in [4.69, 9.17) is 11.6 Å². The Balaban J connectivity index is 1.55. The van der Waals surface area contributed by atoms with Crippen LogP contribution in [0.2, 0.25) is 5.02 Å². The van der Waals surface area contributed by atoms with Crippen LogP contribution >= 0.6 is 11.6 Å². The minimum atomic E-state index is -4.48. The summed E-state index contributed by atoms with van der Waals surface area (Å²) in [5, 5.41) is 3.02. The van der Waals surface area contributed by atoms with Gasteiger partial charge in [0.25, 0.3) is 0 Å². The molecule has 1 saturated heterocycles. The smallest absolute Gasteiger partial charge is 0.355 e. The van der Waals surface area contributed by atoms with Crippen molar-refractivity contribution in [1.29, 1.82) is 0 Å². The molecular weight excluding hydrogens is 429 g/mol. The van der Waals surface area contributed by atoms with E-state index in [2.05, 4.69) is 15.2 Å². The van der Waals surface area contributed by atoms with Crippen LogP contribution in [0.4, 0.5) is 19.0 Å². The van der Waals surface area contributed by atoms with Gasteiger partial charge in [-0.2, -0.15) is 13.2 Å². The summed E-state index contributed by atoms with van der Waals surface area (Å²) in [6, 6.07) is 11.0. The van der Waals surface area contributed by atoms with Gasteiger partial charge in [0, 0.05) is 31.7 Å². The quantitative estimate of drug-likeness (QED) is 0.703. The van der Waals surface area contributed by atoms with Crippen LogP contribution in [0.15, 0.2) is 42.6 Å². The van der Waals surface area contributed by atoms with Crippen molar-refractivity contribution in [3.63, 3.8) is 0 Å². The van der Waals surface area contributed by atoms with Crippen LogP contribution in [0.5, 0.6) is 0 Å². The van der Waals surface area contributed by atoms with Gasteiger partial charge in [0.15, 0.2) is 0 Å². The molecule has 0 spiro atoms. The normalized spacial score (nSPS) is 16.4. The first-order valence-corrected chi connectivity index (χ1v) is 10.5. The van der Waals surface area contributed by atoms with Crippen molar-refractivity contribution in [3.05, 3.63) is 58.7 Å². The largest absolute Gasteiger partial charge is 0.417 e. The van der Waals surface area contributed by atoms with Gasteiger partial charge in [0.05, 0.1) is 16.6 Å². The lowest BCUT2D eigenvalue weighted by Gasteiger charge is -2.33. The van der Waals surface area contributed by atoms with Gasteiger partial charge in [-0.3, -0.25) is 4.79 Å². The number of likely N-dealkylation sites (N-methyl/N-ethyl adjacent to an activating group) is 1. The maximum Gasteiger partial charge on any atom is 0.417 e. The summed E-state index contributed by atoms with van der Waals surface area (Å²) in [6.45, 7) is 1.51. The highest BCUT2D eigenvalue weighted by Crippen LogP contribution is 2.34. The van der Waals surface area contributed by atoms with Crippen molar-refractivity contribution >= 4 is 23.3 Å². The molecule has 1 aromatic heterocycles. The van der Waals surface area contributed by atoms with E-state index in [0.717, 1.165) is 17.8 Å². The molecule has 2 aromatic rings. The third-order valence-corrected chi connectivity index (χ3v) is 5.87. The van der Waals surface area contributed by atoms with Crippen LogP contribution in [0.1, 0.15) is 30.0 Å².